The predicted octanol–water partition coefficient (Wildman–Crippen LogP) is 3.95. The van der Waals surface area contributed by atoms with Gasteiger partial charge >= 0.3 is 6.18 Å². The van der Waals surface area contributed by atoms with Crippen LogP contribution in [0.25, 0.3) is 0 Å². The number of amidine groups is 1. The Morgan fingerprint density at radius 3 is 2.57 bits per heavy atom. The van der Waals surface area contributed by atoms with Crippen LogP contribution in [0.2, 0.25) is 0 Å². The molecule has 10 heteroatoms. The molecular weight excluding hydrogens is 510 g/mol. The molecule has 0 aromatic carbocycles. The Morgan fingerprint density at radius 2 is 1.97 bits per heavy atom. The zero-order valence-corrected chi connectivity index (χ0v) is 19.6. The van der Waals surface area contributed by atoms with Crippen molar-refractivity contribution in [1.29, 1.82) is 5.41 Å². The second kappa shape index (κ2) is 9.52. The lowest BCUT2D eigenvalue weighted by molar-refractivity contribution is -0.141. The lowest BCUT2D eigenvalue weighted by atomic mass is 9.98. The molecule has 3 heterocycles. The summed E-state index contributed by atoms with van der Waals surface area (Å²) in [7, 11) is 0. The van der Waals surface area contributed by atoms with Crippen molar-refractivity contribution in [3.8, 4) is 0 Å². The molecule has 3 rings (SSSR count). The van der Waals surface area contributed by atoms with Crippen molar-refractivity contribution in [3.05, 3.63) is 34.8 Å². The highest BCUT2D eigenvalue weighted by molar-refractivity contribution is 14.0. The van der Waals surface area contributed by atoms with Crippen LogP contribution in [0.4, 0.5) is 18.9 Å². The summed E-state index contributed by atoms with van der Waals surface area (Å²) in [6, 6.07) is 1.25. The highest BCUT2D eigenvalue weighted by Crippen LogP contribution is 2.34. The molecule has 0 aliphatic carbocycles. The first kappa shape index (κ1) is 24.4. The van der Waals surface area contributed by atoms with Crippen molar-refractivity contribution in [2.24, 2.45) is 0 Å². The smallest absolute Gasteiger partial charge is 0.386 e. The van der Waals surface area contributed by atoms with E-state index in [1.165, 1.54) is 13.1 Å². The standard InChI is InChI=1S/C20H26F3N5O.HI/c1-12(2)26-16-6-8-27(13(3)29)11-15(16)19(24)28-7-4-5-14-9-18(20(21,22)23)25-10-17(14)28;/h9-10,12,24,26H,4-8,11H2,1-3H3;1H. The number of alkyl halides is 3. The third-order valence-electron chi connectivity index (χ3n) is 5.18. The Morgan fingerprint density at radius 1 is 1.27 bits per heavy atom. The average Bonchev–Trinajstić information content (AvgIpc) is 2.65. The van der Waals surface area contributed by atoms with Crippen molar-refractivity contribution in [3.63, 3.8) is 0 Å². The van der Waals surface area contributed by atoms with Gasteiger partial charge in [0.1, 0.15) is 11.5 Å². The topological polar surface area (TPSA) is 72.3 Å². The third kappa shape index (κ3) is 5.25. The minimum absolute atomic E-state index is 0. The first-order chi connectivity index (χ1) is 13.6. The van der Waals surface area contributed by atoms with Crippen molar-refractivity contribution in [2.75, 3.05) is 24.5 Å². The third-order valence-corrected chi connectivity index (χ3v) is 5.18. The molecule has 0 saturated heterocycles. The van der Waals surface area contributed by atoms with Crippen molar-refractivity contribution < 1.29 is 18.0 Å². The highest BCUT2D eigenvalue weighted by Gasteiger charge is 2.35. The minimum Gasteiger partial charge on any atom is -0.386 e. The van der Waals surface area contributed by atoms with E-state index in [9.17, 15) is 18.0 Å². The maximum absolute atomic E-state index is 13.0. The number of halogens is 4. The van der Waals surface area contributed by atoms with Crippen LogP contribution in [0, 0.1) is 5.41 Å². The number of carbonyl (C=O) groups is 1. The van der Waals surface area contributed by atoms with Crippen LogP contribution in [0.1, 0.15) is 44.9 Å². The number of hydrogen-bond acceptors (Lipinski definition) is 4. The van der Waals surface area contributed by atoms with E-state index in [4.69, 9.17) is 5.41 Å². The monoisotopic (exact) mass is 537 g/mol. The number of anilines is 1. The maximum Gasteiger partial charge on any atom is 0.433 e. The molecule has 1 amide bonds. The minimum atomic E-state index is -4.49. The second-order valence-electron chi connectivity index (χ2n) is 7.75. The van der Waals surface area contributed by atoms with Crippen molar-refractivity contribution in [1.82, 2.24) is 15.2 Å². The van der Waals surface area contributed by atoms with Crippen LogP contribution < -0.4 is 10.2 Å². The lowest BCUT2D eigenvalue weighted by Gasteiger charge is -2.37. The summed E-state index contributed by atoms with van der Waals surface area (Å²) < 4.78 is 39.1. The Balaban J connectivity index is 0.00000320. The molecule has 166 valence electrons. The van der Waals surface area contributed by atoms with Crippen LogP contribution in [-0.2, 0) is 17.4 Å². The van der Waals surface area contributed by atoms with Gasteiger partial charge < -0.3 is 15.1 Å². The van der Waals surface area contributed by atoms with E-state index >= 15 is 0 Å². The fraction of sp³-hybridized carbons (Fsp3) is 0.550. The first-order valence-corrected chi connectivity index (χ1v) is 9.74. The predicted molar refractivity (Wildman–Crippen MR) is 120 cm³/mol. The Kier molecular flexibility index (Phi) is 7.75. The average molecular weight is 537 g/mol. The summed E-state index contributed by atoms with van der Waals surface area (Å²) in [6.45, 7) is 6.92. The Hall–Kier alpha value is -1.85. The number of pyridine rings is 1. The molecule has 1 aromatic rings. The van der Waals surface area contributed by atoms with Crippen molar-refractivity contribution in [2.45, 2.75) is 52.3 Å². The molecule has 0 atom stereocenters. The van der Waals surface area contributed by atoms with E-state index < -0.39 is 11.9 Å². The molecule has 2 aliphatic heterocycles. The molecule has 0 radical (unpaired) electrons. The fourth-order valence-corrected chi connectivity index (χ4v) is 3.79. The normalized spacial score (nSPS) is 16.9. The molecule has 0 bridgehead atoms. The van der Waals surface area contributed by atoms with Gasteiger partial charge in [-0.1, -0.05) is 0 Å². The molecule has 2 aliphatic rings. The number of aryl methyl sites for hydroxylation is 1. The van der Waals surface area contributed by atoms with Crippen LogP contribution in [0.5, 0.6) is 0 Å². The number of amides is 1. The van der Waals surface area contributed by atoms with Crippen LogP contribution >= 0.6 is 24.0 Å². The van der Waals surface area contributed by atoms with E-state index in [1.54, 1.807) is 9.80 Å². The highest BCUT2D eigenvalue weighted by atomic mass is 127. The fourth-order valence-electron chi connectivity index (χ4n) is 3.79. The molecular formula is C20H27F3IN5O. The van der Waals surface area contributed by atoms with E-state index in [2.05, 4.69) is 10.3 Å². The van der Waals surface area contributed by atoms with Gasteiger partial charge in [0.2, 0.25) is 5.91 Å². The summed E-state index contributed by atoms with van der Waals surface area (Å²) in [5, 5.41) is 12.2. The molecule has 2 N–H and O–H groups in total. The SMILES string of the molecule is CC(=O)N1CCC(NC(C)C)=C(C(=N)N2CCCc3cc(C(F)(F)F)ncc32)C1.I. The molecule has 1 aromatic heterocycles. The number of nitrogens with zero attached hydrogens (tertiary/aromatic N) is 3. The largest absolute Gasteiger partial charge is 0.433 e. The van der Waals surface area contributed by atoms with Gasteiger partial charge in [-0.05, 0) is 38.3 Å². The summed E-state index contributed by atoms with van der Waals surface area (Å²) in [5.41, 5.74) is 1.78. The first-order valence-electron chi connectivity index (χ1n) is 9.74. The van der Waals surface area contributed by atoms with Crippen LogP contribution in [0.15, 0.2) is 23.5 Å². The Bertz CT molecular complexity index is 853. The summed E-state index contributed by atoms with van der Waals surface area (Å²) in [5.74, 6) is 0.149. The van der Waals surface area contributed by atoms with Gasteiger partial charge in [-0.15, -0.1) is 24.0 Å². The summed E-state index contributed by atoms with van der Waals surface area (Å²) >= 11 is 0. The number of hydrogen-bond donors (Lipinski definition) is 2. The maximum atomic E-state index is 13.0. The van der Waals surface area contributed by atoms with E-state index in [0.717, 1.165) is 11.8 Å². The zero-order valence-electron chi connectivity index (χ0n) is 17.3. The van der Waals surface area contributed by atoms with Crippen molar-refractivity contribution >= 4 is 41.4 Å². The van der Waals surface area contributed by atoms with Gasteiger partial charge in [-0.2, -0.15) is 13.2 Å². The second-order valence-corrected chi connectivity index (χ2v) is 7.75. The molecule has 30 heavy (non-hydrogen) atoms. The van der Waals surface area contributed by atoms with Gasteiger partial charge in [-0.3, -0.25) is 10.2 Å². The molecule has 6 nitrogen and oxygen atoms in total. The molecule has 0 fully saturated rings. The number of rotatable bonds is 3. The van der Waals surface area contributed by atoms with Crippen LogP contribution in [-0.4, -0.2) is 47.3 Å². The summed E-state index contributed by atoms with van der Waals surface area (Å²) in [4.78, 5) is 18.9. The summed E-state index contributed by atoms with van der Waals surface area (Å²) in [6.07, 6.45) is -1.50. The van der Waals surface area contributed by atoms with Gasteiger partial charge in [-0.25, -0.2) is 4.98 Å². The molecule has 0 spiro atoms. The van der Waals surface area contributed by atoms with E-state index in [1.807, 2.05) is 13.8 Å². The van der Waals surface area contributed by atoms with Crippen LogP contribution in [0.3, 0.4) is 0 Å². The number of fused-ring (bicyclic) bond motifs is 1. The van der Waals surface area contributed by atoms with Gasteiger partial charge in [0.25, 0.3) is 0 Å². The van der Waals surface area contributed by atoms with E-state index in [-0.39, 0.29) is 41.8 Å². The number of carbonyl (C=O) groups excluding carboxylic acids is 1. The van der Waals surface area contributed by atoms with Gasteiger partial charge in [0.15, 0.2) is 0 Å². The zero-order chi connectivity index (χ0) is 21.3. The lowest BCUT2D eigenvalue weighted by Crippen LogP contribution is -2.45. The number of nitrogens with one attached hydrogen (secondary N) is 2. The molecule has 0 unspecified atom stereocenters. The number of aromatic nitrogens is 1. The van der Waals surface area contributed by atoms with Gasteiger partial charge in [0, 0.05) is 43.7 Å². The van der Waals surface area contributed by atoms with Gasteiger partial charge in [0.05, 0.1) is 18.4 Å². The van der Waals surface area contributed by atoms with E-state index in [0.29, 0.717) is 55.7 Å². The Labute approximate surface area is 191 Å². The molecule has 0 saturated carbocycles. The quantitative estimate of drug-likeness (QED) is 0.348.